The van der Waals surface area contributed by atoms with Crippen LogP contribution < -0.4 is 5.32 Å². The molecule has 0 fully saturated rings. The molecule has 0 saturated carbocycles. The SMILES string of the molecule is CC#CCCNCc1cc(Cl)ccc1[N+](=O)[O-]. The molecular weight excluding hydrogens is 240 g/mol. The number of hydrogen-bond donors (Lipinski definition) is 1. The molecule has 0 aliphatic rings. The molecule has 0 aliphatic carbocycles. The first-order chi connectivity index (χ1) is 8.15. The molecule has 1 N–H and O–H groups in total. The summed E-state index contributed by atoms with van der Waals surface area (Å²) in [4.78, 5) is 10.4. The third kappa shape index (κ3) is 4.43. The number of nitrogens with one attached hydrogen (secondary N) is 1. The molecule has 5 heteroatoms. The standard InChI is InChI=1S/C12H13ClN2O2/c1-2-3-4-7-14-9-10-8-11(13)5-6-12(10)15(16)17/h5-6,8,14H,4,7,9H2,1H3. The molecule has 0 spiro atoms. The third-order valence-corrected chi connectivity index (χ3v) is 2.39. The van der Waals surface area contributed by atoms with E-state index in [1.807, 2.05) is 0 Å². The van der Waals surface area contributed by atoms with Crippen molar-refractivity contribution in [1.29, 1.82) is 0 Å². The Bertz CT molecular complexity index is 463. The second-order valence-electron chi connectivity index (χ2n) is 3.38. The molecule has 0 unspecified atom stereocenters. The monoisotopic (exact) mass is 252 g/mol. The largest absolute Gasteiger partial charge is 0.311 e. The van der Waals surface area contributed by atoms with Crippen molar-refractivity contribution in [3.63, 3.8) is 0 Å². The van der Waals surface area contributed by atoms with Gasteiger partial charge in [-0.25, -0.2) is 0 Å². The summed E-state index contributed by atoms with van der Waals surface area (Å²) in [5.74, 6) is 5.70. The summed E-state index contributed by atoms with van der Waals surface area (Å²) in [7, 11) is 0. The molecule has 17 heavy (non-hydrogen) atoms. The van der Waals surface area contributed by atoms with Crippen LogP contribution in [0.4, 0.5) is 5.69 Å². The van der Waals surface area contributed by atoms with Crippen molar-refractivity contribution in [3.05, 3.63) is 38.9 Å². The van der Waals surface area contributed by atoms with Gasteiger partial charge in [0.2, 0.25) is 0 Å². The van der Waals surface area contributed by atoms with Gasteiger partial charge in [0.1, 0.15) is 0 Å². The minimum Gasteiger partial charge on any atom is -0.311 e. The minimum atomic E-state index is -0.404. The van der Waals surface area contributed by atoms with Crippen LogP contribution >= 0.6 is 11.6 Å². The Labute approximate surface area is 105 Å². The Morgan fingerprint density at radius 3 is 2.94 bits per heavy atom. The Kier molecular flexibility index (Phi) is 5.47. The highest BCUT2D eigenvalue weighted by Crippen LogP contribution is 2.22. The lowest BCUT2D eigenvalue weighted by molar-refractivity contribution is -0.385. The molecule has 1 aromatic rings. The van der Waals surface area contributed by atoms with Gasteiger partial charge in [-0.3, -0.25) is 10.1 Å². The van der Waals surface area contributed by atoms with E-state index < -0.39 is 4.92 Å². The summed E-state index contributed by atoms with van der Waals surface area (Å²) in [6.45, 7) is 2.90. The summed E-state index contributed by atoms with van der Waals surface area (Å²) in [6.07, 6.45) is 0.727. The fourth-order valence-corrected chi connectivity index (χ4v) is 1.57. The number of hydrogen-bond acceptors (Lipinski definition) is 3. The lowest BCUT2D eigenvalue weighted by atomic mass is 10.2. The van der Waals surface area contributed by atoms with Gasteiger partial charge in [0, 0.05) is 36.2 Å². The summed E-state index contributed by atoms with van der Waals surface area (Å²) in [5.41, 5.74) is 0.676. The van der Waals surface area contributed by atoms with Crippen molar-refractivity contribution in [1.82, 2.24) is 5.32 Å². The van der Waals surface area contributed by atoms with E-state index in [9.17, 15) is 10.1 Å². The maximum absolute atomic E-state index is 10.8. The van der Waals surface area contributed by atoms with Crippen LogP contribution in [0.15, 0.2) is 18.2 Å². The van der Waals surface area contributed by atoms with Crippen molar-refractivity contribution in [2.75, 3.05) is 6.54 Å². The van der Waals surface area contributed by atoms with E-state index in [0.29, 0.717) is 23.7 Å². The van der Waals surface area contributed by atoms with Gasteiger partial charge in [0.25, 0.3) is 5.69 Å². The molecule has 0 aromatic heterocycles. The van der Waals surface area contributed by atoms with Gasteiger partial charge < -0.3 is 5.32 Å². The van der Waals surface area contributed by atoms with Crippen LogP contribution in [0.3, 0.4) is 0 Å². The Morgan fingerprint density at radius 1 is 1.53 bits per heavy atom. The predicted molar refractivity (Wildman–Crippen MR) is 67.9 cm³/mol. The van der Waals surface area contributed by atoms with Gasteiger partial charge in [-0.15, -0.1) is 11.8 Å². The zero-order valence-corrected chi connectivity index (χ0v) is 10.3. The van der Waals surface area contributed by atoms with Crippen LogP contribution in [-0.2, 0) is 6.54 Å². The minimum absolute atomic E-state index is 0.0866. The molecular formula is C12H13ClN2O2. The van der Waals surface area contributed by atoms with E-state index in [1.165, 1.54) is 12.1 Å². The lowest BCUT2D eigenvalue weighted by Gasteiger charge is -2.04. The van der Waals surface area contributed by atoms with Crippen LogP contribution in [0.25, 0.3) is 0 Å². The first-order valence-electron chi connectivity index (χ1n) is 5.18. The van der Waals surface area contributed by atoms with E-state index in [1.54, 1.807) is 13.0 Å². The van der Waals surface area contributed by atoms with Gasteiger partial charge >= 0.3 is 0 Å². The maximum atomic E-state index is 10.8. The molecule has 0 bridgehead atoms. The average Bonchev–Trinajstić information content (AvgIpc) is 2.28. The van der Waals surface area contributed by atoms with E-state index in [4.69, 9.17) is 11.6 Å². The van der Waals surface area contributed by atoms with Crippen LogP contribution in [0.2, 0.25) is 5.02 Å². The van der Waals surface area contributed by atoms with Gasteiger partial charge in [-0.05, 0) is 19.1 Å². The smallest absolute Gasteiger partial charge is 0.273 e. The number of benzene rings is 1. The van der Waals surface area contributed by atoms with Crippen molar-refractivity contribution < 1.29 is 4.92 Å². The molecule has 1 aromatic carbocycles. The highest BCUT2D eigenvalue weighted by atomic mass is 35.5. The van der Waals surface area contributed by atoms with Crippen molar-refractivity contribution in [2.24, 2.45) is 0 Å². The lowest BCUT2D eigenvalue weighted by Crippen LogP contribution is -2.15. The molecule has 90 valence electrons. The molecule has 0 aliphatic heterocycles. The normalized spacial score (nSPS) is 9.53. The second kappa shape index (κ2) is 6.89. The third-order valence-electron chi connectivity index (χ3n) is 2.16. The van der Waals surface area contributed by atoms with Crippen LogP contribution in [-0.4, -0.2) is 11.5 Å². The number of nitro benzene ring substituents is 1. The van der Waals surface area contributed by atoms with Crippen molar-refractivity contribution >= 4 is 17.3 Å². The Morgan fingerprint density at radius 2 is 2.29 bits per heavy atom. The average molecular weight is 253 g/mol. The fraction of sp³-hybridized carbons (Fsp3) is 0.333. The topological polar surface area (TPSA) is 55.2 Å². The highest BCUT2D eigenvalue weighted by molar-refractivity contribution is 6.30. The van der Waals surface area contributed by atoms with Crippen LogP contribution in [0.5, 0.6) is 0 Å². The zero-order valence-electron chi connectivity index (χ0n) is 9.50. The first-order valence-corrected chi connectivity index (χ1v) is 5.56. The van der Waals surface area contributed by atoms with E-state index >= 15 is 0 Å². The summed E-state index contributed by atoms with van der Waals surface area (Å²) in [6, 6.07) is 4.55. The summed E-state index contributed by atoms with van der Waals surface area (Å²) in [5, 5.41) is 14.4. The highest BCUT2D eigenvalue weighted by Gasteiger charge is 2.12. The molecule has 0 saturated heterocycles. The summed E-state index contributed by atoms with van der Waals surface area (Å²) < 4.78 is 0. The van der Waals surface area contributed by atoms with Gasteiger partial charge in [0.15, 0.2) is 0 Å². The molecule has 0 radical (unpaired) electrons. The second-order valence-corrected chi connectivity index (χ2v) is 3.82. The Hall–Kier alpha value is -1.57. The van der Waals surface area contributed by atoms with Gasteiger partial charge in [0.05, 0.1) is 4.92 Å². The number of nitro groups is 1. The maximum Gasteiger partial charge on any atom is 0.273 e. The fourth-order valence-electron chi connectivity index (χ4n) is 1.37. The van der Waals surface area contributed by atoms with Crippen LogP contribution in [0, 0.1) is 22.0 Å². The quantitative estimate of drug-likeness (QED) is 0.379. The molecule has 0 heterocycles. The molecule has 4 nitrogen and oxygen atoms in total. The van der Waals surface area contributed by atoms with E-state index in [0.717, 1.165) is 6.42 Å². The molecule has 0 amide bonds. The zero-order chi connectivity index (χ0) is 12.7. The number of halogens is 1. The Balaban J connectivity index is 2.64. The number of nitrogens with zero attached hydrogens (tertiary/aromatic N) is 1. The van der Waals surface area contributed by atoms with Crippen LogP contribution in [0.1, 0.15) is 18.9 Å². The molecule has 1 rings (SSSR count). The predicted octanol–water partition coefficient (Wildman–Crippen LogP) is 2.75. The molecule has 0 atom stereocenters. The van der Waals surface area contributed by atoms with Crippen molar-refractivity contribution in [2.45, 2.75) is 19.9 Å². The number of rotatable bonds is 5. The first kappa shape index (κ1) is 13.5. The van der Waals surface area contributed by atoms with E-state index in [-0.39, 0.29) is 5.69 Å². The van der Waals surface area contributed by atoms with Gasteiger partial charge in [-0.2, -0.15) is 0 Å². The summed E-state index contributed by atoms with van der Waals surface area (Å²) >= 11 is 5.81. The van der Waals surface area contributed by atoms with E-state index in [2.05, 4.69) is 17.2 Å². The van der Waals surface area contributed by atoms with Crippen molar-refractivity contribution in [3.8, 4) is 11.8 Å². The van der Waals surface area contributed by atoms with Gasteiger partial charge in [-0.1, -0.05) is 11.6 Å².